The Bertz CT molecular complexity index is 1370. The van der Waals surface area contributed by atoms with Gasteiger partial charge in [-0.05, 0) is 24.3 Å². The number of hydrogen-bond acceptors (Lipinski definition) is 9. The highest BCUT2D eigenvalue weighted by Crippen LogP contribution is 2.32. The molecule has 2 aromatic heterocycles. The SMILES string of the molecule is O=C(Nc1ccccc1)Nc1ncnc2c1ncn2[C@@H]1O[C@H](COC(=O)c2ccccc2)[C@@H](O)[C@H]1O. The number of para-hydroxylation sites is 1. The van der Waals surface area contributed by atoms with E-state index in [-0.39, 0.29) is 23.6 Å². The zero-order chi connectivity index (χ0) is 25.1. The molecule has 36 heavy (non-hydrogen) atoms. The van der Waals surface area contributed by atoms with Gasteiger partial charge in [0.2, 0.25) is 0 Å². The van der Waals surface area contributed by atoms with E-state index < -0.39 is 36.5 Å². The van der Waals surface area contributed by atoms with Crippen molar-refractivity contribution in [1.29, 1.82) is 0 Å². The number of esters is 1. The van der Waals surface area contributed by atoms with E-state index in [1.807, 2.05) is 6.07 Å². The van der Waals surface area contributed by atoms with E-state index >= 15 is 0 Å². The van der Waals surface area contributed by atoms with Crippen LogP contribution in [0.2, 0.25) is 0 Å². The third kappa shape index (κ3) is 4.73. The fourth-order valence-electron chi connectivity index (χ4n) is 3.83. The fourth-order valence-corrected chi connectivity index (χ4v) is 3.83. The molecule has 4 aromatic rings. The molecule has 0 bridgehead atoms. The first kappa shape index (κ1) is 23.4. The second-order valence-corrected chi connectivity index (χ2v) is 8.00. The number of nitrogens with one attached hydrogen (secondary N) is 2. The highest BCUT2D eigenvalue weighted by molar-refractivity contribution is 6.02. The van der Waals surface area contributed by atoms with Gasteiger partial charge in [0.05, 0.1) is 11.9 Å². The van der Waals surface area contributed by atoms with Crippen molar-refractivity contribution in [3.63, 3.8) is 0 Å². The lowest BCUT2D eigenvalue weighted by Crippen LogP contribution is -2.34. The number of imidazole rings is 1. The zero-order valence-corrected chi connectivity index (χ0v) is 18.8. The number of aliphatic hydroxyl groups excluding tert-OH is 2. The maximum Gasteiger partial charge on any atom is 0.338 e. The number of amides is 2. The number of hydrogen-bond donors (Lipinski definition) is 4. The summed E-state index contributed by atoms with van der Waals surface area (Å²) in [6.07, 6.45) is -2.13. The van der Waals surface area contributed by atoms with Crippen LogP contribution in [0, 0.1) is 0 Å². The van der Waals surface area contributed by atoms with Crippen molar-refractivity contribution in [2.24, 2.45) is 0 Å². The third-order valence-electron chi connectivity index (χ3n) is 5.62. The Balaban J connectivity index is 1.29. The number of fused-ring (bicyclic) bond motifs is 1. The summed E-state index contributed by atoms with van der Waals surface area (Å²) in [5.74, 6) is -0.428. The average molecular weight is 490 g/mol. The Morgan fingerprint density at radius 2 is 1.67 bits per heavy atom. The Morgan fingerprint density at radius 1 is 0.944 bits per heavy atom. The van der Waals surface area contributed by atoms with Gasteiger partial charge in [-0.25, -0.2) is 24.5 Å². The van der Waals surface area contributed by atoms with E-state index in [9.17, 15) is 19.8 Å². The predicted molar refractivity (Wildman–Crippen MR) is 127 cm³/mol. The fraction of sp³-hybridized carbons (Fsp3) is 0.208. The van der Waals surface area contributed by atoms with Crippen LogP contribution >= 0.6 is 0 Å². The molecule has 12 nitrogen and oxygen atoms in total. The molecule has 184 valence electrons. The maximum atomic E-state index is 12.4. The molecule has 1 aliphatic heterocycles. The largest absolute Gasteiger partial charge is 0.459 e. The molecule has 1 fully saturated rings. The molecule has 2 amide bonds. The standard InChI is InChI=1S/C24H22N6O6/c31-18-16(11-35-23(33)14-7-3-1-4-8-14)36-22(19(18)32)30-13-27-17-20(25-12-26-21(17)30)29-24(34)28-15-9-5-2-6-10-15/h1-10,12-13,16,18-19,22,31-32H,11H2,(H2,25,26,28,29,34)/t16-,18-,19-,22-/m1/s1. The molecule has 1 saturated heterocycles. The highest BCUT2D eigenvalue weighted by Gasteiger charge is 2.45. The minimum absolute atomic E-state index is 0.147. The normalized spacial score (nSPS) is 21.3. The van der Waals surface area contributed by atoms with Crippen molar-refractivity contribution in [2.75, 3.05) is 17.2 Å². The molecule has 0 radical (unpaired) electrons. The van der Waals surface area contributed by atoms with E-state index in [4.69, 9.17) is 9.47 Å². The summed E-state index contributed by atoms with van der Waals surface area (Å²) in [5.41, 5.74) is 1.47. The van der Waals surface area contributed by atoms with Crippen molar-refractivity contribution in [1.82, 2.24) is 19.5 Å². The summed E-state index contributed by atoms with van der Waals surface area (Å²) < 4.78 is 12.5. The van der Waals surface area contributed by atoms with Gasteiger partial charge in [-0.3, -0.25) is 9.88 Å². The zero-order valence-electron chi connectivity index (χ0n) is 18.8. The number of urea groups is 1. The number of ether oxygens (including phenoxy) is 2. The van der Waals surface area contributed by atoms with E-state index in [1.165, 1.54) is 17.2 Å². The molecule has 4 N–H and O–H groups in total. The lowest BCUT2D eigenvalue weighted by molar-refractivity contribution is -0.0565. The van der Waals surface area contributed by atoms with Crippen molar-refractivity contribution < 1.29 is 29.3 Å². The number of carbonyl (C=O) groups is 2. The number of aromatic nitrogens is 4. The number of benzene rings is 2. The lowest BCUT2D eigenvalue weighted by Gasteiger charge is -2.16. The summed E-state index contributed by atoms with van der Waals surface area (Å²) in [6.45, 7) is -0.267. The van der Waals surface area contributed by atoms with Crippen LogP contribution in [0.25, 0.3) is 11.2 Å². The van der Waals surface area contributed by atoms with Crippen LogP contribution in [0.4, 0.5) is 16.3 Å². The molecule has 0 unspecified atom stereocenters. The van der Waals surface area contributed by atoms with E-state index in [2.05, 4.69) is 25.6 Å². The summed E-state index contributed by atoms with van der Waals surface area (Å²) in [6, 6.07) is 16.8. The first-order valence-electron chi connectivity index (χ1n) is 11.1. The molecule has 12 heteroatoms. The Labute approximate surface area is 204 Å². The molecular weight excluding hydrogens is 468 g/mol. The molecule has 5 rings (SSSR count). The molecule has 0 saturated carbocycles. The number of rotatable bonds is 6. The number of carbonyl (C=O) groups excluding carboxylic acids is 2. The first-order chi connectivity index (χ1) is 17.5. The van der Waals surface area contributed by atoms with Gasteiger partial charge in [-0.15, -0.1) is 0 Å². The highest BCUT2D eigenvalue weighted by atomic mass is 16.6. The van der Waals surface area contributed by atoms with Crippen LogP contribution in [0.3, 0.4) is 0 Å². The monoisotopic (exact) mass is 490 g/mol. The molecule has 1 aliphatic rings. The van der Waals surface area contributed by atoms with Gasteiger partial charge in [0.25, 0.3) is 0 Å². The Kier molecular flexibility index (Phi) is 6.54. The first-order valence-corrected chi connectivity index (χ1v) is 11.1. The molecule has 4 atom stereocenters. The van der Waals surface area contributed by atoms with Crippen molar-refractivity contribution in [3.8, 4) is 0 Å². The van der Waals surface area contributed by atoms with Gasteiger partial charge in [0.15, 0.2) is 23.2 Å². The molecule has 2 aromatic carbocycles. The second-order valence-electron chi connectivity index (χ2n) is 8.00. The van der Waals surface area contributed by atoms with Gasteiger partial charge >= 0.3 is 12.0 Å². The third-order valence-corrected chi connectivity index (χ3v) is 5.62. The van der Waals surface area contributed by atoms with Gasteiger partial charge in [-0.2, -0.15) is 0 Å². The summed E-state index contributed by atoms with van der Waals surface area (Å²) in [4.78, 5) is 37.2. The minimum atomic E-state index is -1.35. The van der Waals surface area contributed by atoms with Crippen LogP contribution in [0.5, 0.6) is 0 Å². The lowest BCUT2D eigenvalue weighted by atomic mass is 10.1. The van der Waals surface area contributed by atoms with E-state index in [0.717, 1.165) is 0 Å². The van der Waals surface area contributed by atoms with Crippen molar-refractivity contribution >= 4 is 34.7 Å². The van der Waals surface area contributed by atoms with Gasteiger partial charge < -0.3 is 25.0 Å². The van der Waals surface area contributed by atoms with Gasteiger partial charge in [0, 0.05) is 5.69 Å². The van der Waals surface area contributed by atoms with Gasteiger partial charge in [0.1, 0.15) is 31.2 Å². The van der Waals surface area contributed by atoms with Crippen LogP contribution in [-0.2, 0) is 9.47 Å². The molecule has 0 aliphatic carbocycles. The number of anilines is 2. The minimum Gasteiger partial charge on any atom is -0.459 e. The van der Waals surface area contributed by atoms with E-state index in [1.54, 1.807) is 54.6 Å². The quantitative estimate of drug-likeness (QED) is 0.296. The van der Waals surface area contributed by atoms with E-state index in [0.29, 0.717) is 11.3 Å². The second kappa shape index (κ2) is 10.1. The summed E-state index contributed by atoms with van der Waals surface area (Å²) in [5, 5.41) is 26.4. The number of aliphatic hydroxyl groups is 2. The van der Waals surface area contributed by atoms with Gasteiger partial charge in [-0.1, -0.05) is 36.4 Å². The number of nitrogens with zero attached hydrogens (tertiary/aromatic N) is 4. The summed E-state index contributed by atoms with van der Waals surface area (Å²) in [7, 11) is 0. The topological polar surface area (TPSA) is 161 Å². The maximum absolute atomic E-state index is 12.4. The molecule has 3 heterocycles. The average Bonchev–Trinajstić information content (AvgIpc) is 3.45. The van der Waals surface area contributed by atoms with Crippen LogP contribution in [0.1, 0.15) is 16.6 Å². The van der Waals surface area contributed by atoms with Crippen LogP contribution in [0.15, 0.2) is 73.3 Å². The smallest absolute Gasteiger partial charge is 0.338 e. The predicted octanol–water partition coefficient (Wildman–Crippen LogP) is 1.95. The molecular formula is C24H22N6O6. The van der Waals surface area contributed by atoms with Crippen LogP contribution in [-0.4, -0.2) is 66.7 Å². The van der Waals surface area contributed by atoms with Crippen LogP contribution < -0.4 is 10.6 Å². The Morgan fingerprint density at radius 3 is 2.42 bits per heavy atom. The summed E-state index contributed by atoms with van der Waals surface area (Å²) >= 11 is 0. The molecule has 0 spiro atoms. The van der Waals surface area contributed by atoms with Crippen molar-refractivity contribution in [3.05, 3.63) is 78.9 Å². The van der Waals surface area contributed by atoms with Crippen molar-refractivity contribution in [2.45, 2.75) is 24.5 Å². The Hall–Kier alpha value is -4.39.